The molecule has 0 aromatic heterocycles. The van der Waals surface area contributed by atoms with E-state index in [1.807, 2.05) is 36.4 Å². The van der Waals surface area contributed by atoms with Crippen LogP contribution in [0.25, 0.3) is 32.3 Å². The summed E-state index contributed by atoms with van der Waals surface area (Å²) in [5.41, 5.74) is 4.03. The summed E-state index contributed by atoms with van der Waals surface area (Å²) >= 11 is 0. The maximum Gasteiger partial charge on any atom is 0.242 e. The maximum atomic E-state index is 9.46. The Balaban J connectivity index is 2.20. The fourth-order valence-corrected chi connectivity index (χ4v) is 4.58. The molecule has 0 atom stereocenters. The molecule has 0 unspecified atom stereocenters. The molecule has 0 bridgehead atoms. The third kappa shape index (κ3) is 5.40. The normalized spacial score (nSPS) is 10.5. The van der Waals surface area contributed by atoms with Gasteiger partial charge in [0.25, 0.3) is 0 Å². The Kier molecular flexibility index (Phi) is 9.56. The molecule has 6 nitrogen and oxygen atoms in total. The molecular weight excluding hydrogens is 442 g/mol. The molecule has 0 aliphatic heterocycles. The van der Waals surface area contributed by atoms with Crippen molar-refractivity contribution < 1.29 is 30.1 Å². The second-order valence-corrected chi connectivity index (χ2v) is 7.97. The van der Waals surface area contributed by atoms with Crippen LogP contribution < -0.4 is 32.8 Å². The van der Waals surface area contributed by atoms with Crippen LogP contribution in [0.5, 0.6) is 0 Å². The molecule has 18 heteroatoms. The zero-order valence-corrected chi connectivity index (χ0v) is 19.1. The summed E-state index contributed by atoms with van der Waals surface area (Å²) in [7, 11) is 14.7. The lowest BCUT2D eigenvalue weighted by atomic mass is 9.37. The van der Waals surface area contributed by atoms with E-state index in [4.69, 9.17) is 0 Å². The van der Waals surface area contributed by atoms with Crippen LogP contribution in [-0.4, -0.2) is 117 Å². The van der Waals surface area contributed by atoms with Gasteiger partial charge in [0, 0.05) is 0 Å². The van der Waals surface area contributed by atoms with Gasteiger partial charge in [0.15, 0.2) is 0 Å². The molecule has 0 aliphatic rings. The minimum Gasteiger partial charge on any atom is -0.465 e. The first kappa shape index (κ1) is 27.2. The Labute approximate surface area is 218 Å². The lowest BCUT2D eigenvalue weighted by molar-refractivity contribution is 0.620. The van der Waals surface area contributed by atoms with E-state index in [-0.39, 0.29) is 0 Å². The van der Waals surface area contributed by atoms with E-state index in [0.717, 1.165) is 76.6 Å². The summed E-state index contributed by atoms with van der Waals surface area (Å²) in [6.07, 6.45) is 0. The Morgan fingerprint density at radius 1 is 0.278 bits per heavy atom. The predicted molar refractivity (Wildman–Crippen MR) is 159 cm³/mol. The number of hydrogen-bond donors (Lipinski definition) is 6. The second-order valence-electron chi connectivity index (χ2n) is 7.97. The molecule has 156 valence electrons. The largest absolute Gasteiger partial charge is 0.465 e. The third-order valence-electron chi connectivity index (χ3n) is 6.06. The first-order chi connectivity index (χ1) is 17.6. The summed E-state index contributed by atoms with van der Waals surface area (Å²) in [5.74, 6) is 0. The standard InChI is InChI=1S/C18H12B12O6/c31-25-19-13-1-7-8(2-14(13)20-26-32)10-4-17(23-29-35)18(24-30-36)6-12(10)11-5-16(22-28-34)15(21-27-33)3-9(7)11/h1-6,31-36H. The Morgan fingerprint density at radius 3 is 0.528 bits per heavy atom. The summed E-state index contributed by atoms with van der Waals surface area (Å²) in [5, 5.41) is 61.8. The molecular formula is C18H12B12O6. The van der Waals surface area contributed by atoms with Gasteiger partial charge in [0.1, 0.15) is 43.0 Å². The Hall–Kier alpha value is -1.80. The molecule has 12 radical (unpaired) electrons. The molecule has 4 rings (SSSR count). The zero-order valence-electron chi connectivity index (χ0n) is 19.1. The molecule has 0 spiro atoms. The molecule has 0 heterocycles. The molecule has 0 saturated carbocycles. The number of fused-ring (bicyclic) bond motifs is 6. The van der Waals surface area contributed by atoms with Crippen LogP contribution in [-0.2, 0) is 0 Å². The van der Waals surface area contributed by atoms with Crippen molar-refractivity contribution in [2.45, 2.75) is 0 Å². The van der Waals surface area contributed by atoms with Crippen LogP contribution in [0, 0.1) is 0 Å². The first-order valence-electron chi connectivity index (χ1n) is 11.0. The fourth-order valence-electron chi connectivity index (χ4n) is 4.58. The minimum atomic E-state index is 0.671. The van der Waals surface area contributed by atoms with E-state index >= 15 is 0 Å². The lowest BCUT2D eigenvalue weighted by Gasteiger charge is -2.19. The summed E-state index contributed by atoms with van der Waals surface area (Å²) < 4.78 is 0. The van der Waals surface area contributed by atoms with E-state index in [1.165, 1.54) is 43.0 Å². The molecule has 0 fully saturated rings. The average Bonchev–Trinajstić information content (AvgIpc) is 2.87. The van der Waals surface area contributed by atoms with Crippen LogP contribution in [0.2, 0.25) is 0 Å². The van der Waals surface area contributed by atoms with Crippen LogP contribution in [0.3, 0.4) is 0 Å². The highest BCUT2D eigenvalue weighted by molar-refractivity contribution is 7.11. The highest BCUT2D eigenvalue weighted by Crippen LogP contribution is 2.33. The number of rotatable bonds is 12. The molecule has 6 N–H and O–H groups in total. The highest BCUT2D eigenvalue weighted by Gasteiger charge is 2.18. The smallest absolute Gasteiger partial charge is 0.242 e. The first-order valence-corrected chi connectivity index (χ1v) is 11.0. The Morgan fingerprint density at radius 2 is 0.417 bits per heavy atom. The van der Waals surface area contributed by atoms with Crippen LogP contribution in [0.15, 0.2) is 36.4 Å². The van der Waals surface area contributed by atoms with Gasteiger partial charge in [-0.1, -0.05) is 69.2 Å². The van der Waals surface area contributed by atoms with Gasteiger partial charge in [-0.05, 0) is 32.3 Å². The van der Waals surface area contributed by atoms with Crippen molar-refractivity contribution in [1.82, 2.24) is 0 Å². The van der Waals surface area contributed by atoms with Crippen molar-refractivity contribution in [3.05, 3.63) is 36.4 Å². The lowest BCUT2D eigenvalue weighted by Crippen LogP contribution is -2.42. The van der Waals surface area contributed by atoms with Gasteiger partial charge in [-0.15, -0.1) is 0 Å². The van der Waals surface area contributed by atoms with Gasteiger partial charge in [-0.3, -0.25) is 0 Å². The van der Waals surface area contributed by atoms with E-state index in [2.05, 4.69) is 0 Å². The zero-order chi connectivity index (χ0) is 25.7. The van der Waals surface area contributed by atoms with E-state index in [0.29, 0.717) is 32.8 Å². The second kappa shape index (κ2) is 12.6. The molecule has 36 heavy (non-hydrogen) atoms. The average molecular weight is 454 g/mol. The van der Waals surface area contributed by atoms with Crippen LogP contribution >= 0.6 is 0 Å². The Bertz CT molecular complexity index is 1090. The molecule has 0 amide bonds. The van der Waals surface area contributed by atoms with E-state index < -0.39 is 0 Å². The summed E-state index contributed by atoms with van der Waals surface area (Å²) in [6.45, 7) is 0. The molecule has 4 aromatic carbocycles. The van der Waals surface area contributed by atoms with Crippen molar-refractivity contribution in [2.24, 2.45) is 0 Å². The van der Waals surface area contributed by atoms with Crippen molar-refractivity contribution in [3.63, 3.8) is 0 Å². The van der Waals surface area contributed by atoms with Crippen molar-refractivity contribution in [1.29, 1.82) is 0 Å². The monoisotopic (exact) mass is 456 g/mol. The topological polar surface area (TPSA) is 121 Å². The molecule has 0 aliphatic carbocycles. The van der Waals surface area contributed by atoms with Crippen molar-refractivity contribution in [2.75, 3.05) is 0 Å². The van der Waals surface area contributed by atoms with Gasteiger partial charge >= 0.3 is 0 Å². The summed E-state index contributed by atoms with van der Waals surface area (Å²) in [4.78, 5) is 0. The van der Waals surface area contributed by atoms with Gasteiger partial charge in [0.2, 0.25) is 44.2 Å². The third-order valence-corrected chi connectivity index (χ3v) is 6.06. The number of benzene rings is 4. The van der Waals surface area contributed by atoms with Crippen LogP contribution in [0.4, 0.5) is 0 Å². The van der Waals surface area contributed by atoms with E-state index in [1.54, 1.807) is 0 Å². The highest BCUT2D eigenvalue weighted by atomic mass is 16.2. The molecule has 0 saturated heterocycles. The van der Waals surface area contributed by atoms with Gasteiger partial charge in [-0.2, -0.15) is 0 Å². The number of hydrogen-bond acceptors (Lipinski definition) is 6. The van der Waals surface area contributed by atoms with Gasteiger partial charge in [-0.25, -0.2) is 0 Å². The van der Waals surface area contributed by atoms with Gasteiger partial charge in [0.05, 0.1) is 0 Å². The SMILES string of the molecule is O[B][B]c1cc2c3cc([B][B]O)c([B][B]O)cc3c3cc([B][B]O)c([B][B]O)cc3c2cc1[B][B]O. The van der Waals surface area contributed by atoms with Crippen LogP contribution in [0.1, 0.15) is 0 Å². The maximum absolute atomic E-state index is 9.46. The summed E-state index contributed by atoms with van der Waals surface area (Å²) in [6, 6.07) is 11.4. The van der Waals surface area contributed by atoms with Crippen molar-refractivity contribution >= 4 is 152 Å². The molecule has 4 aromatic rings. The fraction of sp³-hybridized carbons (Fsp3) is 0. The van der Waals surface area contributed by atoms with Gasteiger partial charge < -0.3 is 30.1 Å². The predicted octanol–water partition coefficient (Wildman–Crippen LogP) is -7.72. The minimum absolute atomic E-state index is 0.671. The van der Waals surface area contributed by atoms with E-state index in [9.17, 15) is 30.1 Å². The van der Waals surface area contributed by atoms with Crippen molar-refractivity contribution in [3.8, 4) is 0 Å². The quantitative estimate of drug-likeness (QED) is 0.0936.